The largest absolute Gasteiger partial charge is 0.486 e. The van der Waals surface area contributed by atoms with Crippen molar-refractivity contribution >= 4 is 29.4 Å². The van der Waals surface area contributed by atoms with Crippen molar-refractivity contribution in [3.63, 3.8) is 0 Å². The summed E-state index contributed by atoms with van der Waals surface area (Å²) in [5, 5.41) is 7.00. The molecule has 0 saturated heterocycles. The Kier molecular flexibility index (Phi) is 4.59. The van der Waals surface area contributed by atoms with Gasteiger partial charge < -0.3 is 10.1 Å². The quantitative estimate of drug-likeness (QED) is 0.812. The fourth-order valence-corrected chi connectivity index (χ4v) is 1.04. The first-order valence-electron chi connectivity index (χ1n) is 4.07. The second kappa shape index (κ2) is 5.73. The molecule has 0 aromatic heterocycles. The van der Waals surface area contributed by atoms with Crippen molar-refractivity contribution in [3.05, 3.63) is 40.1 Å². The van der Waals surface area contributed by atoms with E-state index < -0.39 is 5.82 Å². The fourth-order valence-electron chi connectivity index (χ4n) is 0.915. The molecule has 0 spiro atoms. The van der Waals surface area contributed by atoms with Crippen molar-refractivity contribution in [1.82, 2.24) is 0 Å². The van der Waals surface area contributed by atoms with Gasteiger partial charge in [-0.1, -0.05) is 29.3 Å². The Hall–Kier alpha value is -1.06. The Bertz CT molecular complexity index is 389. The second-order valence-electron chi connectivity index (χ2n) is 2.64. The normalized spacial score (nSPS) is 9.53. The summed E-state index contributed by atoms with van der Waals surface area (Å²) < 4.78 is 18.3. The first kappa shape index (κ1) is 12.0. The van der Waals surface area contributed by atoms with Crippen LogP contribution in [0.5, 0.6) is 5.75 Å². The minimum atomic E-state index is -0.486. The second-order valence-corrected chi connectivity index (χ2v) is 3.65. The molecule has 0 aliphatic carbocycles. The smallest absolute Gasteiger partial charge is 0.165 e. The van der Waals surface area contributed by atoms with Gasteiger partial charge in [0.15, 0.2) is 11.6 Å². The molecule has 5 heteroatoms. The highest BCUT2D eigenvalue weighted by Gasteiger charge is 2.02. The summed E-state index contributed by atoms with van der Waals surface area (Å²) in [6.45, 7) is 0.0840. The molecule has 1 rings (SSSR count). The molecule has 1 aromatic rings. The van der Waals surface area contributed by atoms with E-state index in [1.807, 2.05) is 0 Å². The van der Waals surface area contributed by atoms with Crippen LogP contribution in [-0.2, 0) is 0 Å². The molecule has 1 N–H and O–H groups in total. The summed E-state index contributed by atoms with van der Waals surface area (Å²) >= 11 is 10.7. The molecule has 0 atom stereocenters. The van der Waals surface area contributed by atoms with Gasteiger partial charge >= 0.3 is 0 Å². The lowest BCUT2D eigenvalue weighted by Gasteiger charge is -2.05. The van der Waals surface area contributed by atoms with Gasteiger partial charge in [0.25, 0.3) is 0 Å². The summed E-state index contributed by atoms with van der Waals surface area (Å²) in [5.74, 6) is -0.415. The van der Waals surface area contributed by atoms with Crippen LogP contribution in [0.4, 0.5) is 4.39 Å². The topological polar surface area (TPSA) is 33.1 Å². The molecular formula is C10H8Cl2FNO. The number of rotatable bonds is 4. The predicted molar refractivity (Wildman–Crippen MR) is 59.6 cm³/mol. The molecule has 0 radical (unpaired) electrons. The van der Waals surface area contributed by atoms with Crippen LogP contribution in [0.25, 0.3) is 0 Å². The van der Waals surface area contributed by atoms with Gasteiger partial charge in [0.05, 0.1) is 0 Å². The van der Waals surface area contributed by atoms with Crippen LogP contribution in [0.3, 0.4) is 0 Å². The molecule has 0 unspecified atom stereocenters. The highest BCUT2D eigenvalue weighted by atomic mass is 35.5. The van der Waals surface area contributed by atoms with Crippen molar-refractivity contribution < 1.29 is 9.13 Å². The number of hydrogen-bond acceptors (Lipinski definition) is 2. The first-order chi connectivity index (χ1) is 7.13. The summed E-state index contributed by atoms with van der Waals surface area (Å²) in [6.07, 6.45) is 2.51. The minimum absolute atomic E-state index is 0.0682. The molecule has 0 bridgehead atoms. The molecular weight excluding hydrogens is 240 g/mol. The molecule has 0 heterocycles. The highest BCUT2D eigenvalue weighted by molar-refractivity contribution is 6.55. The van der Waals surface area contributed by atoms with Crippen LogP contribution in [0.2, 0.25) is 0 Å². The van der Waals surface area contributed by atoms with E-state index in [-0.39, 0.29) is 16.8 Å². The zero-order chi connectivity index (χ0) is 11.3. The van der Waals surface area contributed by atoms with E-state index in [9.17, 15) is 4.39 Å². The molecule has 2 nitrogen and oxygen atoms in total. The van der Waals surface area contributed by atoms with E-state index in [4.69, 9.17) is 33.3 Å². The summed E-state index contributed by atoms with van der Waals surface area (Å²) in [6, 6.07) is 4.15. The maximum atomic E-state index is 13.1. The monoisotopic (exact) mass is 247 g/mol. The standard InChI is InChI=1S/C10H8Cl2FNO/c11-10(12)3-4-15-9-5-7(6-14)1-2-8(9)13/h1-3,5-6,14H,4H2. The van der Waals surface area contributed by atoms with Crippen LogP contribution in [0.1, 0.15) is 5.56 Å². The SMILES string of the molecule is N=Cc1ccc(F)c(OCC=C(Cl)Cl)c1. The van der Waals surface area contributed by atoms with Crippen molar-refractivity contribution in [2.75, 3.05) is 6.61 Å². The third-order valence-corrected chi connectivity index (χ3v) is 1.91. The van der Waals surface area contributed by atoms with Crippen LogP contribution >= 0.6 is 23.2 Å². The number of hydrogen-bond donors (Lipinski definition) is 1. The zero-order valence-electron chi connectivity index (χ0n) is 7.64. The van der Waals surface area contributed by atoms with Gasteiger partial charge in [-0.3, -0.25) is 0 Å². The van der Waals surface area contributed by atoms with Crippen LogP contribution in [0, 0.1) is 11.2 Å². The summed E-state index contributed by atoms with van der Waals surface area (Å²) in [5.41, 5.74) is 0.562. The van der Waals surface area contributed by atoms with Crippen molar-refractivity contribution in [3.8, 4) is 5.75 Å². The molecule has 0 aliphatic rings. The lowest BCUT2D eigenvalue weighted by molar-refractivity contribution is 0.341. The van der Waals surface area contributed by atoms with Gasteiger partial charge in [-0.25, -0.2) is 4.39 Å². The van der Waals surface area contributed by atoms with Gasteiger partial charge in [-0.2, -0.15) is 0 Å². The zero-order valence-corrected chi connectivity index (χ0v) is 9.15. The summed E-state index contributed by atoms with van der Waals surface area (Å²) in [7, 11) is 0. The van der Waals surface area contributed by atoms with E-state index in [1.54, 1.807) is 0 Å². The van der Waals surface area contributed by atoms with Gasteiger partial charge in [0.2, 0.25) is 0 Å². The van der Waals surface area contributed by atoms with Crippen LogP contribution in [0.15, 0.2) is 28.8 Å². The number of halogens is 3. The third-order valence-electron chi connectivity index (χ3n) is 1.60. The number of ether oxygens (including phenoxy) is 1. The average Bonchev–Trinajstić information content (AvgIpc) is 2.20. The Morgan fingerprint density at radius 3 is 2.80 bits per heavy atom. The molecule has 0 amide bonds. The lowest BCUT2D eigenvalue weighted by atomic mass is 10.2. The van der Waals surface area contributed by atoms with E-state index in [1.165, 1.54) is 24.3 Å². The Labute approximate surface area is 96.8 Å². The lowest BCUT2D eigenvalue weighted by Crippen LogP contribution is -1.97. The third kappa shape index (κ3) is 3.90. The van der Waals surface area contributed by atoms with Gasteiger partial charge in [-0.05, 0) is 23.8 Å². The fraction of sp³-hybridized carbons (Fsp3) is 0.100. The summed E-state index contributed by atoms with van der Waals surface area (Å²) in [4.78, 5) is 0. The molecule has 0 saturated carbocycles. The first-order valence-corrected chi connectivity index (χ1v) is 4.83. The highest BCUT2D eigenvalue weighted by Crippen LogP contribution is 2.18. The number of benzene rings is 1. The molecule has 80 valence electrons. The molecule has 15 heavy (non-hydrogen) atoms. The number of nitrogens with one attached hydrogen (secondary N) is 1. The van der Waals surface area contributed by atoms with Crippen LogP contribution < -0.4 is 4.74 Å². The van der Waals surface area contributed by atoms with Gasteiger partial charge in [0, 0.05) is 6.21 Å². The van der Waals surface area contributed by atoms with Gasteiger partial charge in [-0.15, -0.1) is 0 Å². The average molecular weight is 248 g/mol. The predicted octanol–water partition coefficient (Wildman–Crippen LogP) is 3.52. The maximum absolute atomic E-state index is 13.1. The van der Waals surface area contributed by atoms with E-state index in [0.29, 0.717) is 5.56 Å². The van der Waals surface area contributed by atoms with Crippen LogP contribution in [-0.4, -0.2) is 12.8 Å². The molecule has 0 aliphatic heterocycles. The maximum Gasteiger partial charge on any atom is 0.165 e. The van der Waals surface area contributed by atoms with Gasteiger partial charge in [0.1, 0.15) is 11.1 Å². The Morgan fingerprint density at radius 1 is 1.47 bits per heavy atom. The van der Waals surface area contributed by atoms with Crippen molar-refractivity contribution in [2.45, 2.75) is 0 Å². The van der Waals surface area contributed by atoms with Crippen molar-refractivity contribution in [2.24, 2.45) is 0 Å². The van der Waals surface area contributed by atoms with E-state index in [2.05, 4.69) is 0 Å². The molecule has 1 aromatic carbocycles. The molecule has 0 fully saturated rings. The van der Waals surface area contributed by atoms with Crippen molar-refractivity contribution in [1.29, 1.82) is 5.41 Å². The minimum Gasteiger partial charge on any atom is -0.486 e. The van der Waals surface area contributed by atoms with E-state index >= 15 is 0 Å². The Balaban J connectivity index is 2.75. The van der Waals surface area contributed by atoms with E-state index in [0.717, 1.165) is 6.21 Å². The Morgan fingerprint density at radius 2 is 2.20 bits per heavy atom.